The maximum atomic E-state index is 13.0. The monoisotopic (exact) mass is 402 g/mol. The van der Waals surface area contributed by atoms with E-state index in [2.05, 4.69) is 15.3 Å². The lowest BCUT2D eigenvalue weighted by Gasteiger charge is -2.27. The molecule has 29 heavy (non-hydrogen) atoms. The molecule has 0 unspecified atom stereocenters. The fraction of sp³-hybridized carbons (Fsp3) is 0.130. The number of pyridine rings is 1. The quantitative estimate of drug-likeness (QED) is 0.497. The van der Waals surface area contributed by atoms with Crippen molar-refractivity contribution >= 4 is 39.9 Å². The van der Waals surface area contributed by atoms with Crippen LogP contribution >= 0.6 is 11.6 Å². The van der Waals surface area contributed by atoms with Gasteiger partial charge in [0, 0.05) is 58.6 Å². The predicted molar refractivity (Wildman–Crippen MR) is 116 cm³/mol. The third kappa shape index (κ3) is 3.34. The Morgan fingerprint density at radius 2 is 1.97 bits per heavy atom. The lowest BCUT2D eigenvalue weighted by molar-refractivity contribution is 0.0735. The second-order valence-electron chi connectivity index (χ2n) is 7.14. The molecular formula is C23H19ClN4O. The maximum absolute atomic E-state index is 13.0. The number of carbonyl (C=O) groups excluding carboxylic acids is 1. The van der Waals surface area contributed by atoms with Crippen molar-refractivity contribution < 1.29 is 4.79 Å². The van der Waals surface area contributed by atoms with Crippen LogP contribution in [0.15, 0.2) is 66.9 Å². The summed E-state index contributed by atoms with van der Waals surface area (Å²) in [4.78, 5) is 22.8. The molecule has 4 aromatic rings. The Balaban J connectivity index is 1.51. The van der Waals surface area contributed by atoms with Crippen molar-refractivity contribution in [2.45, 2.75) is 13.0 Å². The molecule has 2 aromatic heterocycles. The van der Waals surface area contributed by atoms with Gasteiger partial charge in [0.15, 0.2) is 0 Å². The fourth-order valence-electron chi connectivity index (χ4n) is 3.89. The highest BCUT2D eigenvalue weighted by molar-refractivity contribution is 6.31. The van der Waals surface area contributed by atoms with E-state index in [0.717, 1.165) is 40.1 Å². The number of hydrogen-bond acceptors (Lipinski definition) is 3. The van der Waals surface area contributed by atoms with E-state index in [-0.39, 0.29) is 5.91 Å². The Labute approximate surface area is 173 Å². The van der Waals surface area contributed by atoms with E-state index in [0.29, 0.717) is 23.7 Å². The summed E-state index contributed by atoms with van der Waals surface area (Å²) >= 11 is 6.08. The largest absolute Gasteiger partial charge is 0.355 e. The van der Waals surface area contributed by atoms with Gasteiger partial charge in [-0.2, -0.15) is 0 Å². The van der Waals surface area contributed by atoms with Crippen molar-refractivity contribution in [3.05, 3.63) is 88.7 Å². The van der Waals surface area contributed by atoms with Gasteiger partial charge in [-0.15, -0.1) is 0 Å². The zero-order valence-corrected chi connectivity index (χ0v) is 16.4. The average Bonchev–Trinajstić information content (AvgIpc) is 3.13. The van der Waals surface area contributed by atoms with Gasteiger partial charge in [-0.05, 0) is 36.4 Å². The number of hydrogen-bond donors (Lipinski definition) is 2. The number of rotatable bonds is 3. The maximum Gasteiger partial charge on any atom is 0.254 e. The minimum Gasteiger partial charge on any atom is -0.355 e. The van der Waals surface area contributed by atoms with Crippen LogP contribution in [0, 0.1) is 0 Å². The van der Waals surface area contributed by atoms with Gasteiger partial charge >= 0.3 is 0 Å². The van der Waals surface area contributed by atoms with Crippen LogP contribution in [0.5, 0.6) is 0 Å². The highest BCUT2D eigenvalue weighted by Crippen LogP contribution is 2.34. The number of aromatic nitrogens is 2. The summed E-state index contributed by atoms with van der Waals surface area (Å²) in [5.74, 6) is -0.00559. The van der Waals surface area contributed by atoms with Crippen molar-refractivity contribution in [1.29, 1.82) is 0 Å². The molecule has 6 heteroatoms. The number of anilines is 2. The molecule has 1 amide bonds. The molecule has 5 rings (SSSR count). The van der Waals surface area contributed by atoms with E-state index in [1.165, 1.54) is 0 Å². The van der Waals surface area contributed by atoms with Crippen molar-refractivity contribution in [3.8, 4) is 0 Å². The molecule has 2 N–H and O–H groups in total. The zero-order chi connectivity index (χ0) is 19.8. The smallest absolute Gasteiger partial charge is 0.254 e. The molecule has 2 aromatic carbocycles. The highest BCUT2D eigenvalue weighted by Gasteiger charge is 2.26. The second kappa shape index (κ2) is 7.26. The van der Waals surface area contributed by atoms with Gasteiger partial charge < -0.3 is 15.2 Å². The number of amides is 1. The SMILES string of the molecule is O=C(c1cccc(Cl)c1)N1CCc2[nH]c3nccc(Nc4ccccc4)c3c2C1. The van der Waals surface area contributed by atoms with Gasteiger partial charge in [0.2, 0.25) is 0 Å². The Morgan fingerprint density at radius 1 is 1.10 bits per heavy atom. The molecular weight excluding hydrogens is 384 g/mol. The van der Waals surface area contributed by atoms with Gasteiger partial charge in [-0.1, -0.05) is 35.9 Å². The van der Waals surface area contributed by atoms with Crippen LogP contribution in [-0.4, -0.2) is 27.3 Å². The first-order chi connectivity index (χ1) is 14.2. The number of nitrogens with one attached hydrogen (secondary N) is 2. The molecule has 1 aliphatic heterocycles. The van der Waals surface area contributed by atoms with Crippen molar-refractivity contribution in [3.63, 3.8) is 0 Å². The summed E-state index contributed by atoms with van der Waals surface area (Å²) in [7, 11) is 0. The molecule has 0 spiro atoms. The lowest BCUT2D eigenvalue weighted by atomic mass is 10.0. The van der Waals surface area contributed by atoms with E-state index in [1.807, 2.05) is 53.4 Å². The van der Waals surface area contributed by atoms with Gasteiger partial charge in [0.05, 0.1) is 5.69 Å². The van der Waals surface area contributed by atoms with Crippen molar-refractivity contribution in [2.75, 3.05) is 11.9 Å². The minimum atomic E-state index is -0.00559. The average molecular weight is 403 g/mol. The standard InChI is InChI=1S/C23H19ClN4O/c24-16-6-4-5-15(13-16)23(29)28-12-10-19-18(14-28)21-20(9-11-25-22(21)27-19)26-17-7-2-1-3-8-17/h1-9,11,13H,10,12,14H2,(H2,25,26,27). The molecule has 0 bridgehead atoms. The summed E-state index contributed by atoms with van der Waals surface area (Å²) in [5.41, 5.74) is 5.71. The molecule has 0 aliphatic carbocycles. The van der Waals surface area contributed by atoms with Gasteiger partial charge in [-0.25, -0.2) is 4.98 Å². The lowest BCUT2D eigenvalue weighted by Crippen LogP contribution is -2.35. The molecule has 1 aliphatic rings. The van der Waals surface area contributed by atoms with E-state index < -0.39 is 0 Å². The number of nitrogens with zero attached hydrogens (tertiary/aromatic N) is 2. The number of fused-ring (bicyclic) bond motifs is 3. The third-order valence-corrected chi connectivity index (χ3v) is 5.51. The molecule has 0 saturated heterocycles. The van der Waals surface area contributed by atoms with Crippen LogP contribution in [0.25, 0.3) is 11.0 Å². The second-order valence-corrected chi connectivity index (χ2v) is 7.58. The normalized spacial score (nSPS) is 13.3. The molecule has 0 fully saturated rings. The summed E-state index contributed by atoms with van der Waals surface area (Å²) in [6.45, 7) is 1.20. The van der Waals surface area contributed by atoms with Crippen LogP contribution in [-0.2, 0) is 13.0 Å². The number of halogens is 1. The Kier molecular flexibility index (Phi) is 4.45. The summed E-state index contributed by atoms with van der Waals surface area (Å²) in [5, 5.41) is 5.09. The molecule has 5 nitrogen and oxygen atoms in total. The molecule has 0 saturated carbocycles. The van der Waals surface area contributed by atoms with Crippen LogP contribution in [0.1, 0.15) is 21.6 Å². The molecule has 0 radical (unpaired) electrons. The molecule has 0 atom stereocenters. The topological polar surface area (TPSA) is 61.0 Å². The van der Waals surface area contributed by atoms with E-state index in [9.17, 15) is 4.79 Å². The van der Waals surface area contributed by atoms with E-state index in [1.54, 1.807) is 18.3 Å². The summed E-state index contributed by atoms with van der Waals surface area (Å²) < 4.78 is 0. The van der Waals surface area contributed by atoms with Crippen LogP contribution in [0.4, 0.5) is 11.4 Å². The van der Waals surface area contributed by atoms with E-state index >= 15 is 0 Å². The van der Waals surface area contributed by atoms with Gasteiger partial charge in [0.25, 0.3) is 5.91 Å². The van der Waals surface area contributed by atoms with Gasteiger partial charge in [-0.3, -0.25) is 4.79 Å². The number of benzene rings is 2. The zero-order valence-electron chi connectivity index (χ0n) is 15.7. The highest BCUT2D eigenvalue weighted by atomic mass is 35.5. The number of H-pyrrole nitrogens is 1. The first-order valence-electron chi connectivity index (χ1n) is 9.54. The molecule has 144 valence electrons. The van der Waals surface area contributed by atoms with Crippen LogP contribution < -0.4 is 5.32 Å². The van der Waals surface area contributed by atoms with Crippen molar-refractivity contribution in [2.24, 2.45) is 0 Å². The Bertz CT molecular complexity index is 1200. The van der Waals surface area contributed by atoms with Gasteiger partial charge in [0.1, 0.15) is 5.65 Å². The van der Waals surface area contributed by atoms with E-state index in [4.69, 9.17) is 11.6 Å². The Morgan fingerprint density at radius 3 is 2.79 bits per heavy atom. The minimum absolute atomic E-state index is 0.00559. The number of para-hydroxylation sites is 1. The number of carbonyl (C=O) groups is 1. The molecule has 3 heterocycles. The third-order valence-electron chi connectivity index (χ3n) is 5.28. The van der Waals surface area contributed by atoms with Crippen LogP contribution in [0.2, 0.25) is 5.02 Å². The fourth-order valence-corrected chi connectivity index (χ4v) is 4.08. The Hall–Kier alpha value is -3.31. The number of aromatic amines is 1. The first-order valence-corrected chi connectivity index (χ1v) is 9.92. The first kappa shape index (κ1) is 17.8. The predicted octanol–water partition coefficient (Wildman–Crippen LogP) is 5.16. The van der Waals surface area contributed by atoms with Crippen molar-refractivity contribution in [1.82, 2.24) is 14.9 Å². The van der Waals surface area contributed by atoms with Crippen LogP contribution in [0.3, 0.4) is 0 Å². The summed E-state index contributed by atoms with van der Waals surface area (Å²) in [6.07, 6.45) is 2.56. The summed E-state index contributed by atoms with van der Waals surface area (Å²) in [6, 6.07) is 19.1.